The standard InChI is InChI=1S/C8H5ClF2O2/c9-3-6(13)4-1-2-5(12)8(11)7(4)10/h1-2,12H,3H2. The molecular formula is C8H5ClF2O2. The van der Waals surface area contributed by atoms with Crippen molar-refractivity contribution in [3.05, 3.63) is 29.3 Å². The average molecular weight is 207 g/mol. The van der Waals surface area contributed by atoms with Crippen LogP contribution in [0.2, 0.25) is 0 Å². The van der Waals surface area contributed by atoms with Crippen LogP contribution in [0, 0.1) is 11.6 Å². The number of alkyl halides is 1. The lowest BCUT2D eigenvalue weighted by Gasteiger charge is -2.01. The maximum atomic E-state index is 12.9. The smallest absolute Gasteiger partial charge is 0.201 e. The van der Waals surface area contributed by atoms with Crippen LogP contribution in [0.25, 0.3) is 0 Å². The highest BCUT2D eigenvalue weighted by molar-refractivity contribution is 6.30. The van der Waals surface area contributed by atoms with Gasteiger partial charge in [-0.05, 0) is 12.1 Å². The molecule has 0 aliphatic heterocycles. The maximum absolute atomic E-state index is 12.9. The summed E-state index contributed by atoms with van der Waals surface area (Å²) in [5, 5.41) is 8.72. The van der Waals surface area contributed by atoms with Crippen molar-refractivity contribution >= 4 is 17.4 Å². The molecule has 1 rings (SSSR count). The molecule has 0 radical (unpaired) electrons. The molecule has 0 fully saturated rings. The van der Waals surface area contributed by atoms with Gasteiger partial charge in [0.25, 0.3) is 0 Å². The number of hydrogen-bond donors (Lipinski definition) is 1. The van der Waals surface area contributed by atoms with Gasteiger partial charge in [-0.3, -0.25) is 4.79 Å². The molecule has 70 valence electrons. The van der Waals surface area contributed by atoms with Gasteiger partial charge in [0, 0.05) is 0 Å². The Bertz CT molecular complexity index is 352. The Labute approximate surface area is 77.8 Å². The van der Waals surface area contributed by atoms with Gasteiger partial charge in [-0.15, -0.1) is 11.6 Å². The molecule has 0 heterocycles. The van der Waals surface area contributed by atoms with Crippen LogP contribution in [0.5, 0.6) is 5.75 Å². The number of phenolic OH excluding ortho intramolecular Hbond substituents is 1. The van der Waals surface area contributed by atoms with E-state index in [-0.39, 0.29) is 0 Å². The van der Waals surface area contributed by atoms with Crippen LogP contribution < -0.4 is 0 Å². The normalized spacial score (nSPS) is 10.1. The molecule has 0 saturated heterocycles. The number of Topliss-reactive ketones (excluding diaryl/α,β-unsaturated/α-hetero) is 1. The first-order valence-electron chi connectivity index (χ1n) is 3.34. The SMILES string of the molecule is O=C(CCl)c1ccc(O)c(F)c1F. The summed E-state index contributed by atoms with van der Waals surface area (Å²) in [7, 11) is 0. The molecule has 0 unspecified atom stereocenters. The molecule has 0 bridgehead atoms. The third-order valence-corrected chi connectivity index (χ3v) is 1.73. The Morgan fingerprint density at radius 3 is 2.54 bits per heavy atom. The summed E-state index contributed by atoms with van der Waals surface area (Å²) in [5.74, 6) is -4.79. The molecule has 2 nitrogen and oxygen atoms in total. The first-order chi connectivity index (χ1) is 6.07. The molecule has 1 aromatic rings. The zero-order valence-corrected chi connectivity index (χ0v) is 7.11. The van der Waals surface area contributed by atoms with Crippen molar-refractivity contribution in [2.24, 2.45) is 0 Å². The number of halogens is 3. The second kappa shape index (κ2) is 3.70. The van der Waals surface area contributed by atoms with Crippen LogP contribution in [0.15, 0.2) is 12.1 Å². The summed E-state index contributed by atoms with van der Waals surface area (Å²) in [6.07, 6.45) is 0. The quantitative estimate of drug-likeness (QED) is 0.594. The maximum Gasteiger partial charge on any atom is 0.201 e. The topological polar surface area (TPSA) is 37.3 Å². The zero-order chi connectivity index (χ0) is 10.0. The summed E-state index contributed by atoms with van der Waals surface area (Å²) in [4.78, 5) is 10.9. The van der Waals surface area contributed by atoms with Crippen molar-refractivity contribution < 1.29 is 18.7 Å². The van der Waals surface area contributed by atoms with Gasteiger partial charge in [0.2, 0.25) is 5.82 Å². The van der Waals surface area contributed by atoms with Crippen LogP contribution in [-0.2, 0) is 0 Å². The van der Waals surface area contributed by atoms with E-state index in [1.54, 1.807) is 0 Å². The highest BCUT2D eigenvalue weighted by Gasteiger charge is 2.17. The number of aromatic hydroxyl groups is 1. The zero-order valence-electron chi connectivity index (χ0n) is 6.35. The average Bonchev–Trinajstić information content (AvgIpc) is 2.13. The third kappa shape index (κ3) is 1.78. The number of rotatable bonds is 2. The monoisotopic (exact) mass is 206 g/mol. The first-order valence-corrected chi connectivity index (χ1v) is 3.87. The molecule has 0 saturated carbocycles. The van der Waals surface area contributed by atoms with Crippen LogP contribution >= 0.6 is 11.6 Å². The predicted molar refractivity (Wildman–Crippen MR) is 43.1 cm³/mol. The number of hydrogen-bond acceptors (Lipinski definition) is 2. The van der Waals surface area contributed by atoms with E-state index in [2.05, 4.69) is 0 Å². The van der Waals surface area contributed by atoms with Gasteiger partial charge in [-0.1, -0.05) is 0 Å². The summed E-state index contributed by atoms with van der Waals surface area (Å²) in [6.45, 7) is 0. The summed E-state index contributed by atoms with van der Waals surface area (Å²) in [6, 6.07) is 1.89. The van der Waals surface area contributed by atoms with Crippen LogP contribution in [0.1, 0.15) is 10.4 Å². The van der Waals surface area contributed by atoms with E-state index in [1.165, 1.54) is 0 Å². The first kappa shape index (κ1) is 9.92. The summed E-state index contributed by atoms with van der Waals surface area (Å²) >= 11 is 5.15. The molecule has 0 aromatic heterocycles. The second-order valence-electron chi connectivity index (χ2n) is 2.32. The number of carbonyl (C=O) groups excluding carboxylic acids is 1. The lowest BCUT2D eigenvalue weighted by Crippen LogP contribution is -2.05. The van der Waals surface area contributed by atoms with E-state index >= 15 is 0 Å². The van der Waals surface area contributed by atoms with Crippen LogP contribution in [-0.4, -0.2) is 16.8 Å². The highest BCUT2D eigenvalue weighted by atomic mass is 35.5. The Kier molecular flexibility index (Phi) is 2.83. The molecule has 0 amide bonds. The summed E-state index contributed by atoms with van der Waals surface area (Å²) in [5.41, 5.74) is -0.453. The van der Waals surface area contributed by atoms with Gasteiger partial charge in [-0.25, -0.2) is 4.39 Å². The van der Waals surface area contributed by atoms with E-state index in [4.69, 9.17) is 16.7 Å². The van der Waals surface area contributed by atoms with Crippen molar-refractivity contribution in [3.8, 4) is 5.75 Å². The highest BCUT2D eigenvalue weighted by Crippen LogP contribution is 2.21. The predicted octanol–water partition coefficient (Wildman–Crippen LogP) is 2.09. The fourth-order valence-electron chi connectivity index (χ4n) is 0.827. The molecule has 13 heavy (non-hydrogen) atoms. The third-order valence-electron chi connectivity index (χ3n) is 1.48. The molecule has 0 atom stereocenters. The Balaban J connectivity index is 3.26. The molecule has 0 spiro atoms. The van der Waals surface area contributed by atoms with Crippen LogP contribution in [0.4, 0.5) is 8.78 Å². The van der Waals surface area contributed by atoms with Gasteiger partial charge in [0.15, 0.2) is 17.3 Å². The van der Waals surface area contributed by atoms with E-state index in [9.17, 15) is 13.6 Å². The van der Waals surface area contributed by atoms with Gasteiger partial charge < -0.3 is 5.11 Å². The number of benzene rings is 1. The fourth-order valence-corrected chi connectivity index (χ4v) is 0.971. The number of phenols is 1. The minimum absolute atomic E-state index is 0.429. The lowest BCUT2D eigenvalue weighted by molar-refractivity contribution is 0.101. The Morgan fingerprint density at radius 2 is 2.00 bits per heavy atom. The van der Waals surface area contributed by atoms with E-state index in [0.717, 1.165) is 12.1 Å². The largest absolute Gasteiger partial charge is 0.505 e. The van der Waals surface area contributed by atoms with Crippen LogP contribution in [0.3, 0.4) is 0 Å². The van der Waals surface area contributed by atoms with Gasteiger partial charge in [0.05, 0.1) is 11.4 Å². The van der Waals surface area contributed by atoms with Gasteiger partial charge >= 0.3 is 0 Å². The minimum Gasteiger partial charge on any atom is -0.505 e. The number of carbonyl (C=O) groups is 1. The second-order valence-corrected chi connectivity index (χ2v) is 2.58. The molecular weight excluding hydrogens is 202 g/mol. The number of ketones is 1. The van der Waals surface area contributed by atoms with E-state index in [0.29, 0.717) is 0 Å². The van der Waals surface area contributed by atoms with Crippen molar-refractivity contribution in [3.63, 3.8) is 0 Å². The Morgan fingerprint density at radius 1 is 1.38 bits per heavy atom. The van der Waals surface area contributed by atoms with Crippen molar-refractivity contribution in [2.75, 3.05) is 5.88 Å². The van der Waals surface area contributed by atoms with Crippen molar-refractivity contribution in [1.82, 2.24) is 0 Å². The van der Waals surface area contributed by atoms with Crippen molar-refractivity contribution in [2.45, 2.75) is 0 Å². The van der Waals surface area contributed by atoms with E-state index in [1.807, 2.05) is 0 Å². The van der Waals surface area contributed by atoms with Crippen molar-refractivity contribution in [1.29, 1.82) is 0 Å². The molecule has 0 aliphatic carbocycles. The lowest BCUT2D eigenvalue weighted by atomic mass is 10.1. The molecule has 0 aliphatic rings. The Hall–Kier alpha value is -1.16. The fraction of sp³-hybridized carbons (Fsp3) is 0.125. The molecule has 1 N–H and O–H groups in total. The minimum atomic E-state index is -1.43. The molecule has 5 heteroatoms. The van der Waals surface area contributed by atoms with Gasteiger partial charge in [0.1, 0.15) is 0 Å². The van der Waals surface area contributed by atoms with Gasteiger partial charge in [-0.2, -0.15) is 4.39 Å². The van der Waals surface area contributed by atoms with E-state index < -0.39 is 34.6 Å². The summed E-state index contributed by atoms with van der Waals surface area (Å²) < 4.78 is 25.6. The molecule has 1 aromatic carbocycles.